The Hall–Kier alpha value is -4.22. The lowest BCUT2D eigenvalue weighted by Crippen LogP contribution is -2.47. The van der Waals surface area contributed by atoms with Gasteiger partial charge in [0.1, 0.15) is 11.6 Å². The second-order valence-electron chi connectivity index (χ2n) is 10.0. The van der Waals surface area contributed by atoms with E-state index in [-0.39, 0.29) is 35.2 Å². The topological polar surface area (TPSA) is 97.8 Å². The van der Waals surface area contributed by atoms with E-state index in [9.17, 15) is 17.6 Å². The summed E-state index contributed by atoms with van der Waals surface area (Å²) in [6.07, 6.45) is 3.61. The van der Waals surface area contributed by atoms with Crippen LogP contribution in [0.1, 0.15) is 19.3 Å². The van der Waals surface area contributed by atoms with Gasteiger partial charge in [-0.05, 0) is 42.8 Å². The molecular formula is C26H24F4N8. The van der Waals surface area contributed by atoms with Crippen molar-refractivity contribution in [2.45, 2.75) is 25.2 Å². The maximum atomic E-state index is 14.8. The Bertz CT molecular complexity index is 1510. The van der Waals surface area contributed by atoms with E-state index >= 15 is 0 Å². The third-order valence-electron chi connectivity index (χ3n) is 7.23. The maximum Gasteiger partial charge on any atom is 0.249 e. The van der Waals surface area contributed by atoms with E-state index in [1.807, 2.05) is 17.0 Å². The van der Waals surface area contributed by atoms with Gasteiger partial charge in [-0.2, -0.15) is 4.98 Å². The van der Waals surface area contributed by atoms with Gasteiger partial charge in [-0.3, -0.25) is 0 Å². The van der Waals surface area contributed by atoms with Gasteiger partial charge in [0, 0.05) is 73.2 Å². The van der Waals surface area contributed by atoms with Crippen molar-refractivity contribution in [3.63, 3.8) is 0 Å². The zero-order chi connectivity index (χ0) is 26.7. The fourth-order valence-corrected chi connectivity index (χ4v) is 5.39. The van der Waals surface area contributed by atoms with Crippen molar-refractivity contribution >= 4 is 23.3 Å². The van der Waals surface area contributed by atoms with E-state index in [1.54, 1.807) is 19.3 Å². The summed E-state index contributed by atoms with van der Waals surface area (Å²) in [7, 11) is 1.69. The van der Waals surface area contributed by atoms with Gasteiger partial charge in [0.05, 0.1) is 0 Å². The van der Waals surface area contributed by atoms with Crippen molar-refractivity contribution in [1.82, 2.24) is 24.7 Å². The standard InChI is InChI=1S/C26H24F4N8/c1-37-24(34-16-3-4-17(19(27)10-16)18-6-8-32-22(31)21(18)28)35-23(36-37)15-2-5-20(33-11-15)38-9-7-25(14-38)12-26(29,30)13-25/h2-6,8,10-11H,7,9,12-14H2,1H3,(H2,31,32)(H,34,35,36). The van der Waals surface area contributed by atoms with Gasteiger partial charge < -0.3 is 16.0 Å². The highest BCUT2D eigenvalue weighted by Gasteiger charge is 2.58. The van der Waals surface area contributed by atoms with Crippen molar-refractivity contribution in [2.75, 3.05) is 29.0 Å². The molecule has 0 radical (unpaired) electrons. The number of nitrogens with two attached hydrogens (primary N) is 1. The Morgan fingerprint density at radius 3 is 2.55 bits per heavy atom. The van der Waals surface area contributed by atoms with Crippen LogP contribution in [0.2, 0.25) is 0 Å². The molecule has 2 aliphatic rings. The van der Waals surface area contributed by atoms with Gasteiger partial charge in [-0.25, -0.2) is 32.2 Å². The van der Waals surface area contributed by atoms with E-state index in [1.165, 1.54) is 29.1 Å². The van der Waals surface area contributed by atoms with Crippen LogP contribution in [0.5, 0.6) is 0 Å². The average molecular weight is 525 g/mol. The number of benzene rings is 1. The first-order valence-electron chi connectivity index (χ1n) is 12.1. The molecule has 0 amide bonds. The molecule has 1 saturated heterocycles. The molecule has 4 aromatic rings. The molecule has 38 heavy (non-hydrogen) atoms. The molecule has 0 atom stereocenters. The molecule has 1 aliphatic heterocycles. The Morgan fingerprint density at radius 1 is 1.03 bits per heavy atom. The zero-order valence-corrected chi connectivity index (χ0v) is 20.4. The van der Waals surface area contributed by atoms with E-state index < -0.39 is 17.6 Å². The molecule has 1 saturated carbocycles. The fourth-order valence-electron chi connectivity index (χ4n) is 5.39. The summed E-state index contributed by atoms with van der Waals surface area (Å²) in [4.78, 5) is 14.7. The lowest BCUT2D eigenvalue weighted by atomic mass is 9.65. The SMILES string of the molecule is Cn1nc(-c2ccc(N3CCC4(C3)CC(F)(F)C4)nc2)nc1Nc1ccc(-c2ccnc(N)c2F)c(F)c1. The minimum atomic E-state index is -2.54. The van der Waals surface area contributed by atoms with Crippen molar-refractivity contribution < 1.29 is 17.6 Å². The van der Waals surface area contributed by atoms with Crippen molar-refractivity contribution in [3.8, 4) is 22.5 Å². The monoisotopic (exact) mass is 524 g/mol. The van der Waals surface area contributed by atoms with Crippen LogP contribution in [0.15, 0.2) is 48.8 Å². The molecule has 0 unspecified atom stereocenters. The Morgan fingerprint density at radius 2 is 1.84 bits per heavy atom. The van der Waals surface area contributed by atoms with Crippen LogP contribution in [0.3, 0.4) is 0 Å². The van der Waals surface area contributed by atoms with Crippen molar-refractivity contribution in [2.24, 2.45) is 12.5 Å². The Labute approximate surface area is 215 Å². The van der Waals surface area contributed by atoms with E-state index in [2.05, 4.69) is 25.4 Å². The minimum absolute atomic E-state index is 0.0215. The van der Waals surface area contributed by atoms with Crippen LogP contribution < -0.4 is 16.0 Å². The molecule has 1 aromatic carbocycles. The molecule has 3 N–H and O–H groups in total. The van der Waals surface area contributed by atoms with Gasteiger partial charge in [0.2, 0.25) is 11.9 Å². The highest BCUT2D eigenvalue weighted by molar-refractivity contribution is 5.70. The summed E-state index contributed by atoms with van der Waals surface area (Å²) in [5.41, 5.74) is 6.35. The number of aromatic nitrogens is 5. The number of anilines is 4. The molecule has 12 heteroatoms. The number of rotatable bonds is 5. The third kappa shape index (κ3) is 4.29. The fraction of sp³-hybridized carbons (Fsp3) is 0.308. The third-order valence-corrected chi connectivity index (χ3v) is 7.23. The Balaban J connectivity index is 1.16. The van der Waals surface area contributed by atoms with Crippen LogP contribution in [0.25, 0.3) is 22.5 Å². The molecule has 0 bridgehead atoms. The molecule has 196 valence electrons. The second-order valence-corrected chi connectivity index (χ2v) is 10.0. The number of nitrogen functional groups attached to an aromatic ring is 1. The van der Waals surface area contributed by atoms with Gasteiger partial charge in [-0.15, -0.1) is 5.10 Å². The van der Waals surface area contributed by atoms with Crippen LogP contribution in [-0.4, -0.2) is 43.7 Å². The molecule has 1 aliphatic carbocycles. The highest BCUT2D eigenvalue weighted by atomic mass is 19.3. The van der Waals surface area contributed by atoms with Crippen molar-refractivity contribution in [3.05, 3.63) is 60.4 Å². The summed E-state index contributed by atoms with van der Waals surface area (Å²) in [5.74, 6) is -2.75. The van der Waals surface area contributed by atoms with Crippen LogP contribution in [0.4, 0.5) is 40.8 Å². The van der Waals surface area contributed by atoms with Crippen LogP contribution in [0, 0.1) is 17.0 Å². The lowest BCUT2D eigenvalue weighted by Gasteiger charge is -2.44. The van der Waals surface area contributed by atoms with Crippen LogP contribution >= 0.6 is 0 Å². The molecule has 4 heterocycles. The van der Waals surface area contributed by atoms with Gasteiger partial charge >= 0.3 is 0 Å². The largest absolute Gasteiger partial charge is 0.381 e. The quantitative estimate of drug-likeness (QED) is 0.348. The second kappa shape index (κ2) is 8.67. The molecule has 3 aromatic heterocycles. The number of nitrogens with zero attached hydrogens (tertiary/aromatic N) is 6. The predicted octanol–water partition coefficient (Wildman–Crippen LogP) is 5.17. The zero-order valence-electron chi connectivity index (χ0n) is 20.4. The normalized spacial score (nSPS) is 17.6. The maximum absolute atomic E-state index is 14.8. The average Bonchev–Trinajstić information content (AvgIpc) is 3.45. The summed E-state index contributed by atoms with van der Waals surface area (Å²) in [6, 6.07) is 9.32. The number of pyridine rings is 2. The Kier molecular flexibility index (Phi) is 5.51. The smallest absolute Gasteiger partial charge is 0.249 e. The summed E-state index contributed by atoms with van der Waals surface area (Å²) < 4.78 is 57.5. The first-order chi connectivity index (χ1) is 18.1. The van der Waals surface area contributed by atoms with E-state index in [0.717, 1.165) is 12.2 Å². The van der Waals surface area contributed by atoms with E-state index in [0.29, 0.717) is 36.1 Å². The van der Waals surface area contributed by atoms with Gasteiger partial charge in [0.15, 0.2) is 17.5 Å². The summed E-state index contributed by atoms with van der Waals surface area (Å²) >= 11 is 0. The first-order valence-corrected chi connectivity index (χ1v) is 12.1. The number of aryl methyl sites for hydroxylation is 1. The highest BCUT2D eigenvalue weighted by Crippen LogP contribution is 2.56. The van der Waals surface area contributed by atoms with Crippen LogP contribution in [-0.2, 0) is 7.05 Å². The predicted molar refractivity (Wildman–Crippen MR) is 135 cm³/mol. The molecule has 6 rings (SSSR count). The summed E-state index contributed by atoms with van der Waals surface area (Å²) in [6.45, 7) is 1.29. The first kappa shape index (κ1) is 24.1. The van der Waals surface area contributed by atoms with Gasteiger partial charge in [0.25, 0.3) is 0 Å². The summed E-state index contributed by atoms with van der Waals surface area (Å²) in [5, 5.41) is 7.44. The number of nitrogens with one attached hydrogen (secondary N) is 1. The molecular weight excluding hydrogens is 500 g/mol. The molecule has 8 nitrogen and oxygen atoms in total. The molecule has 2 fully saturated rings. The van der Waals surface area contributed by atoms with Gasteiger partial charge in [-0.1, -0.05) is 0 Å². The lowest BCUT2D eigenvalue weighted by molar-refractivity contribution is -0.152. The number of hydrogen-bond donors (Lipinski definition) is 2. The number of alkyl halides is 2. The number of halogens is 4. The molecule has 1 spiro atoms. The van der Waals surface area contributed by atoms with Crippen molar-refractivity contribution in [1.29, 1.82) is 0 Å². The minimum Gasteiger partial charge on any atom is -0.381 e. The number of hydrogen-bond acceptors (Lipinski definition) is 7. The van der Waals surface area contributed by atoms with E-state index in [4.69, 9.17) is 5.73 Å².